The number of rotatable bonds is 3. The normalized spacial score (nSPS) is 23.7. The van der Waals surface area contributed by atoms with Gasteiger partial charge in [0.15, 0.2) is 0 Å². The molecule has 0 spiro atoms. The lowest BCUT2D eigenvalue weighted by Crippen LogP contribution is -2.48. The van der Waals surface area contributed by atoms with Crippen molar-refractivity contribution in [2.75, 3.05) is 32.7 Å². The van der Waals surface area contributed by atoms with E-state index in [1.165, 1.54) is 45.2 Å². The number of amides is 2. The molecule has 0 aromatic carbocycles. The van der Waals surface area contributed by atoms with Crippen molar-refractivity contribution in [1.29, 1.82) is 0 Å². The molecule has 2 rings (SSSR count). The number of nitrogens with one attached hydrogen (secondary N) is 1. The topological polar surface area (TPSA) is 35.6 Å². The number of piperidine rings is 1. The molecule has 0 bridgehead atoms. The fourth-order valence-corrected chi connectivity index (χ4v) is 3.11. The number of carbonyl (C=O) groups excluding carboxylic acids is 1. The lowest BCUT2D eigenvalue weighted by molar-refractivity contribution is 0.163. The number of likely N-dealkylation sites (tertiary alicyclic amines) is 2. The maximum absolute atomic E-state index is 12.1. The van der Waals surface area contributed by atoms with Crippen molar-refractivity contribution in [2.45, 2.75) is 57.9 Å². The molecular weight excluding hydrogens is 238 g/mol. The largest absolute Gasteiger partial charge is 0.336 e. The van der Waals surface area contributed by atoms with Crippen LogP contribution in [-0.2, 0) is 0 Å². The highest BCUT2D eigenvalue weighted by atomic mass is 16.2. The molecule has 2 fully saturated rings. The van der Waals surface area contributed by atoms with Crippen molar-refractivity contribution in [3.63, 3.8) is 0 Å². The minimum Gasteiger partial charge on any atom is -0.336 e. The van der Waals surface area contributed by atoms with Gasteiger partial charge in [0.05, 0.1) is 0 Å². The van der Waals surface area contributed by atoms with Crippen molar-refractivity contribution >= 4 is 6.03 Å². The zero-order valence-electron chi connectivity index (χ0n) is 12.4. The molecule has 4 heteroatoms. The van der Waals surface area contributed by atoms with Gasteiger partial charge >= 0.3 is 6.03 Å². The lowest BCUT2D eigenvalue weighted by atomic mass is 10.1. The summed E-state index contributed by atoms with van der Waals surface area (Å²) in [6.07, 6.45) is 8.85. The van der Waals surface area contributed by atoms with Crippen LogP contribution >= 0.6 is 0 Å². The summed E-state index contributed by atoms with van der Waals surface area (Å²) >= 11 is 0. The van der Waals surface area contributed by atoms with E-state index in [2.05, 4.69) is 17.1 Å². The third-order valence-electron chi connectivity index (χ3n) is 4.46. The van der Waals surface area contributed by atoms with Crippen LogP contribution in [0.15, 0.2) is 0 Å². The van der Waals surface area contributed by atoms with Crippen LogP contribution in [0.25, 0.3) is 0 Å². The smallest absolute Gasteiger partial charge is 0.317 e. The number of urea groups is 1. The zero-order chi connectivity index (χ0) is 13.5. The second-order valence-electron chi connectivity index (χ2n) is 6.03. The van der Waals surface area contributed by atoms with E-state index in [9.17, 15) is 4.79 Å². The van der Waals surface area contributed by atoms with Gasteiger partial charge in [-0.1, -0.05) is 19.3 Å². The maximum atomic E-state index is 12.1. The van der Waals surface area contributed by atoms with E-state index in [0.717, 1.165) is 32.5 Å². The summed E-state index contributed by atoms with van der Waals surface area (Å²) in [6, 6.07) is 0.613. The third-order valence-corrected chi connectivity index (χ3v) is 4.46. The maximum Gasteiger partial charge on any atom is 0.317 e. The average Bonchev–Trinajstić information content (AvgIpc) is 2.74. The summed E-state index contributed by atoms with van der Waals surface area (Å²) < 4.78 is 0. The van der Waals surface area contributed by atoms with Gasteiger partial charge in [0.25, 0.3) is 0 Å². The van der Waals surface area contributed by atoms with Gasteiger partial charge in [-0.15, -0.1) is 0 Å². The molecule has 0 aliphatic carbocycles. The van der Waals surface area contributed by atoms with Gasteiger partial charge in [0.2, 0.25) is 0 Å². The van der Waals surface area contributed by atoms with Gasteiger partial charge in [-0.05, 0) is 45.7 Å². The molecule has 2 amide bonds. The number of nitrogens with zero attached hydrogens (tertiary/aromatic N) is 2. The molecule has 4 nitrogen and oxygen atoms in total. The van der Waals surface area contributed by atoms with Gasteiger partial charge < -0.3 is 10.2 Å². The van der Waals surface area contributed by atoms with E-state index >= 15 is 0 Å². The first-order valence-electron chi connectivity index (χ1n) is 8.04. The standard InChI is InChI=1S/C15H29N3O/c1-14(17-9-7-4-8-10-17)13-16-15(19)18-11-5-2-3-6-12-18/h14H,2-13H2,1H3,(H,16,19). The molecular formula is C15H29N3O. The fraction of sp³-hybridized carbons (Fsp3) is 0.933. The molecule has 110 valence electrons. The Labute approximate surface area is 117 Å². The predicted molar refractivity (Wildman–Crippen MR) is 78.3 cm³/mol. The van der Waals surface area contributed by atoms with Crippen LogP contribution < -0.4 is 5.32 Å². The molecule has 0 aromatic heterocycles. The first-order chi connectivity index (χ1) is 9.27. The molecule has 2 aliphatic heterocycles. The van der Waals surface area contributed by atoms with Crippen LogP contribution in [0.1, 0.15) is 51.9 Å². The minimum absolute atomic E-state index is 0.144. The average molecular weight is 267 g/mol. The summed E-state index contributed by atoms with van der Waals surface area (Å²) in [7, 11) is 0. The molecule has 2 saturated heterocycles. The second kappa shape index (κ2) is 7.73. The van der Waals surface area contributed by atoms with Crippen molar-refractivity contribution < 1.29 is 4.79 Å². The summed E-state index contributed by atoms with van der Waals surface area (Å²) in [5, 5.41) is 3.12. The highest BCUT2D eigenvalue weighted by molar-refractivity contribution is 5.74. The highest BCUT2D eigenvalue weighted by Gasteiger charge is 2.19. The molecule has 0 saturated carbocycles. The van der Waals surface area contributed by atoms with E-state index in [-0.39, 0.29) is 6.03 Å². The number of carbonyl (C=O) groups is 1. The Morgan fingerprint density at radius 3 is 2.11 bits per heavy atom. The van der Waals surface area contributed by atoms with Crippen LogP contribution in [0.2, 0.25) is 0 Å². The summed E-state index contributed by atoms with van der Waals surface area (Å²) in [5.74, 6) is 0. The van der Waals surface area contributed by atoms with E-state index in [0.29, 0.717) is 6.04 Å². The summed E-state index contributed by atoms with van der Waals surface area (Å²) in [5.41, 5.74) is 0. The molecule has 1 unspecified atom stereocenters. The highest BCUT2D eigenvalue weighted by Crippen LogP contribution is 2.12. The van der Waals surface area contributed by atoms with Crippen molar-refractivity contribution in [2.24, 2.45) is 0 Å². The van der Waals surface area contributed by atoms with E-state index in [1.807, 2.05) is 4.90 Å². The van der Waals surface area contributed by atoms with Crippen molar-refractivity contribution in [3.05, 3.63) is 0 Å². The number of hydrogen-bond acceptors (Lipinski definition) is 2. The zero-order valence-corrected chi connectivity index (χ0v) is 12.4. The van der Waals surface area contributed by atoms with Gasteiger partial charge in [0, 0.05) is 25.7 Å². The van der Waals surface area contributed by atoms with Gasteiger partial charge in [-0.2, -0.15) is 0 Å². The molecule has 19 heavy (non-hydrogen) atoms. The van der Waals surface area contributed by atoms with Crippen LogP contribution in [0.5, 0.6) is 0 Å². The van der Waals surface area contributed by atoms with Gasteiger partial charge in [-0.3, -0.25) is 4.90 Å². The lowest BCUT2D eigenvalue weighted by Gasteiger charge is -2.33. The molecule has 0 radical (unpaired) electrons. The monoisotopic (exact) mass is 267 g/mol. The molecule has 2 heterocycles. The molecule has 0 aromatic rings. The van der Waals surface area contributed by atoms with E-state index in [1.54, 1.807) is 0 Å². The molecule has 1 N–H and O–H groups in total. The van der Waals surface area contributed by atoms with Crippen molar-refractivity contribution in [1.82, 2.24) is 15.1 Å². The minimum atomic E-state index is 0.144. The first kappa shape index (κ1) is 14.6. The van der Waals surface area contributed by atoms with E-state index in [4.69, 9.17) is 0 Å². The second-order valence-corrected chi connectivity index (χ2v) is 6.03. The van der Waals surface area contributed by atoms with Crippen LogP contribution in [0.4, 0.5) is 4.79 Å². The van der Waals surface area contributed by atoms with Gasteiger partial charge in [-0.25, -0.2) is 4.79 Å². The Kier molecular flexibility index (Phi) is 5.95. The summed E-state index contributed by atoms with van der Waals surface area (Å²) in [4.78, 5) is 16.6. The van der Waals surface area contributed by atoms with Crippen LogP contribution in [0, 0.1) is 0 Å². The van der Waals surface area contributed by atoms with E-state index < -0.39 is 0 Å². The molecule has 1 atom stereocenters. The third kappa shape index (κ3) is 4.68. The fourth-order valence-electron chi connectivity index (χ4n) is 3.11. The Morgan fingerprint density at radius 1 is 0.947 bits per heavy atom. The first-order valence-corrected chi connectivity index (χ1v) is 8.04. The Hall–Kier alpha value is -0.770. The molecule has 2 aliphatic rings. The SMILES string of the molecule is CC(CNC(=O)N1CCCCCC1)N1CCCCC1. The van der Waals surface area contributed by atoms with Crippen LogP contribution in [0.3, 0.4) is 0 Å². The van der Waals surface area contributed by atoms with Gasteiger partial charge in [0.1, 0.15) is 0 Å². The quantitative estimate of drug-likeness (QED) is 0.852. The predicted octanol–water partition coefficient (Wildman–Crippen LogP) is 2.45. The Balaban J connectivity index is 1.69. The van der Waals surface area contributed by atoms with Crippen LogP contribution in [-0.4, -0.2) is 54.6 Å². The van der Waals surface area contributed by atoms with Crippen molar-refractivity contribution in [3.8, 4) is 0 Å². The summed E-state index contributed by atoms with van der Waals surface area (Å²) in [6.45, 7) is 7.28. The number of hydrogen-bond donors (Lipinski definition) is 1. The Morgan fingerprint density at radius 2 is 1.47 bits per heavy atom. The Bertz CT molecular complexity index is 269.